The minimum Gasteiger partial charge on any atom is -0.492 e. The minimum absolute atomic E-state index is 0.0619. The van der Waals surface area contributed by atoms with Gasteiger partial charge in [-0.25, -0.2) is 0 Å². The molecule has 1 rings (SSSR count). The van der Waals surface area contributed by atoms with Gasteiger partial charge >= 0.3 is 0 Å². The maximum absolute atomic E-state index is 11.4. The Morgan fingerprint density at radius 1 is 1.69 bits per heavy atom. The van der Waals surface area contributed by atoms with Crippen molar-refractivity contribution in [3.63, 3.8) is 0 Å². The van der Waals surface area contributed by atoms with Gasteiger partial charge in [0, 0.05) is 13.2 Å². The summed E-state index contributed by atoms with van der Waals surface area (Å²) in [5, 5.41) is 8.71. The number of rotatable bonds is 2. The smallest absolute Gasteiger partial charge is 0.272 e. The van der Waals surface area contributed by atoms with Crippen molar-refractivity contribution in [1.29, 1.82) is 5.26 Å². The number of aryl methyl sites for hydroxylation is 1. The second-order valence-corrected chi connectivity index (χ2v) is 2.52. The summed E-state index contributed by atoms with van der Waals surface area (Å²) in [6, 6.07) is 3.45. The van der Waals surface area contributed by atoms with Gasteiger partial charge in [0.1, 0.15) is 11.8 Å². The van der Waals surface area contributed by atoms with Crippen molar-refractivity contribution in [2.75, 3.05) is 6.61 Å². The van der Waals surface area contributed by atoms with Crippen LogP contribution in [-0.4, -0.2) is 11.2 Å². The molecule has 0 bridgehead atoms. The van der Waals surface area contributed by atoms with Crippen molar-refractivity contribution < 1.29 is 4.74 Å². The third-order valence-corrected chi connectivity index (χ3v) is 1.64. The van der Waals surface area contributed by atoms with Crippen LogP contribution in [0.2, 0.25) is 0 Å². The molecule has 4 nitrogen and oxygen atoms in total. The summed E-state index contributed by atoms with van der Waals surface area (Å²) in [6.45, 7) is 2.25. The van der Waals surface area contributed by atoms with Crippen LogP contribution in [0.4, 0.5) is 0 Å². The lowest BCUT2D eigenvalue weighted by atomic mass is 10.3. The van der Waals surface area contributed by atoms with Crippen LogP contribution in [0.3, 0.4) is 0 Å². The fourth-order valence-corrected chi connectivity index (χ4v) is 0.991. The average Bonchev–Trinajstić information content (AvgIpc) is 2.12. The zero-order chi connectivity index (χ0) is 9.84. The average molecular weight is 178 g/mol. The molecule has 0 aliphatic carbocycles. The quantitative estimate of drug-likeness (QED) is 0.668. The first-order valence-corrected chi connectivity index (χ1v) is 3.93. The van der Waals surface area contributed by atoms with Crippen molar-refractivity contribution in [3.8, 4) is 11.8 Å². The third kappa shape index (κ3) is 1.70. The molecule has 0 amide bonds. The number of ether oxygens (including phenoxy) is 1. The highest BCUT2D eigenvalue weighted by Crippen LogP contribution is 2.11. The first kappa shape index (κ1) is 9.33. The second-order valence-electron chi connectivity index (χ2n) is 2.52. The Labute approximate surface area is 76.0 Å². The van der Waals surface area contributed by atoms with Crippen LogP contribution in [0.1, 0.15) is 12.5 Å². The van der Waals surface area contributed by atoms with Crippen molar-refractivity contribution in [3.05, 3.63) is 28.2 Å². The molecule has 1 heterocycles. The Balaban J connectivity index is 3.32. The highest BCUT2D eigenvalue weighted by molar-refractivity contribution is 5.40. The summed E-state index contributed by atoms with van der Waals surface area (Å²) in [5.74, 6) is 0.355. The van der Waals surface area contributed by atoms with Crippen molar-refractivity contribution in [2.24, 2.45) is 7.05 Å². The zero-order valence-electron chi connectivity index (χ0n) is 7.57. The molecule has 0 aliphatic rings. The minimum atomic E-state index is -0.326. The molecule has 0 unspecified atom stereocenters. The largest absolute Gasteiger partial charge is 0.492 e. The van der Waals surface area contributed by atoms with Gasteiger partial charge in [-0.1, -0.05) is 0 Å². The molecule has 0 aliphatic heterocycles. The molecule has 0 aromatic carbocycles. The highest BCUT2D eigenvalue weighted by atomic mass is 16.5. The number of hydrogen-bond acceptors (Lipinski definition) is 3. The van der Waals surface area contributed by atoms with Crippen LogP contribution >= 0.6 is 0 Å². The van der Waals surface area contributed by atoms with Crippen LogP contribution in [0.25, 0.3) is 0 Å². The standard InChI is InChI=1S/C9H10N2O2/c1-3-13-8-4-5-11(2)9(12)7(8)6-10/h4-5H,3H2,1-2H3. The molecule has 0 saturated carbocycles. The van der Waals surface area contributed by atoms with Gasteiger partial charge in [0.25, 0.3) is 5.56 Å². The summed E-state index contributed by atoms with van der Waals surface area (Å²) in [4.78, 5) is 11.4. The number of nitriles is 1. The Morgan fingerprint density at radius 3 is 2.92 bits per heavy atom. The molecule has 0 atom stereocenters. The van der Waals surface area contributed by atoms with Gasteiger partial charge in [-0.15, -0.1) is 0 Å². The Morgan fingerprint density at radius 2 is 2.38 bits per heavy atom. The SMILES string of the molecule is CCOc1ccn(C)c(=O)c1C#N. The second kappa shape index (κ2) is 3.76. The predicted molar refractivity (Wildman–Crippen MR) is 47.6 cm³/mol. The molecule has 1 aromatic heterocycles. The van der Waals surface area contributed by atoms with Crippen LogP contribution in [0.15, 0.2) is 17.1 Å². The van der Waals surface area contributed by atoms with Crippen LogP contribution in [0, 0.1) is 11.3 Å². The van der Waals surface area contributed by atoms with E-state index in [0.717, 1.165) is 0 Å². The van der Waals surface area contributed by atoms with Crippen LogP contribution < -0.4 is 10.3 Å². The summed E-state index contributed by atoms with van der Waals surface area (Å²) in [6.07, 6.45) is 1.58. The normalized spacial score (nSPS) is 9.31. The van der Waals surface area contributed by atoms with E-state index in [4.69, 9.17) is 10.00 Å². The zero-order valence-corrected chi connectivity index (χ0v) is 7.57. The number of hydrogen-bond donors (Lipinski definition) is 0. The van der Waals surface area contributed by atoms with E-state index in [1.165, 1.54) is 4.57 Å². The van der Waals surface area contributed by atoms with Gasteiger partial charge in [0.05, 0.1) is 6.61 Å². The summed E-state index contributed by atoms with van der Waals surface area (Å²) in [5.41, 5.74) is -0.264. The van der Waals surface area contributed by atoms with Gasteiger partial charge in [-0.2, -0.15) is 5.26 Å². The molecule has 0 radical (unpaired) electrons. The molecule has 0 N–H and O–H groups in total. The maximum Gasteiger partial charge on any atom is 0.272 e. The fraction of sp³-hybridized carbons (Fsp3) is 0.333. The van der Waals surface area contributed by atoms with Crippen LogP contribution in [-0.2, 0) is 7.05 Å². The van der Waals surface area contributed by atoms with E-state index in [9.17, 15) is 4.79 Å². The topological polar surface area (TPSA) is 55.0 Å². The van der Waals surface area contributed by atoms with Crippen molar-refractivity contribution in [1.82, 2.24) is 4.57 Å². The lowest BCUT2D eigenvalue weighted by Gasteiger charge is -2.05. The molecule has 0 fully saturated rings. The molecular formula is C9H10N2O2. The van der Waals surface area contributed by atoms with E-state index in [-0.39, 0.29) is 11.1 Å². The number of pyridine rings is 1. The van der Waals surface area contributed by atoms with E-state index < -0.39 is 0 Å². The molecule has 68 valence electrons. The van der Waals surface area contributed by atoms with Crippen molar-refractivity contribution in [2.45, 2.75) is 6.92 Å². The van der Waals surface area contributed by atoms with E-state index in [2.05, 4.69) is 0 Å². The molecule has 0 spiro atoms. The van der Waals surface area contributed by atoms with Gasteiger partial charge in [-0.05, 0) is 13.0 Å². The van der Waals surface area contributed by atoms with E-state index in [1.807, 2.05) is 6.07 Å². The molecule has 4 heteroatoms. The first-order chi connectivity index (χ1) is 6.20. The Hall–Kier alpha value is -1.76. The third-order valence-electron chi connectivity index (χ3n) is 1.64. The molecule has 13 heavy (non-hydrogen) atoms. The number of aromatic nitrogens is 1. The Kier molecular flexibility index (Phi) is 2.70. The summed E-state index contributed by atoms with van der Waals surface area (Å²) < 4.78 is 6.48. The number of nitrogens with zero attached hydrogens (tertiary/aromatic N) is 2. The van der Waals surface area contributed by atoms with Gasteiger partial charge in [0.2, 0.25) is 0 Å². The molecule has 0 saturated heterocycles. The van der Waals surface area contributed by atoms with Crippen LogP contribution in [0.5, 0.6) is 5.75 Å². The van der Waals surface area contributed by atoms with E-state index in [1.54, 1.807) is 26.2 Å². The first-order valence-electron chi connectivity index (χ1n) is 3.93. The molecule has 1 aromatic rings. The lowest BCUT2D eigenvalue weighted by Crippen LogP contribution is -2.19. The van der Waals surface area contributed by atoms with Gasteiger partial charge < -0.3 is 9.30 Å². The van der Waals surface area contributed by atoms with Gasteiger partial charge in [-0.3, -0.25) is 4.79 Å². The maximum atomic E-state index is 11.4. The summed E-state index contributed by atoms with van der Waals surface area (Å²) in [7, 11) is 1.60. The monoisotopic (exact) mass is 178 g/mol. The lowest BCUT2D eigenvalue weighted by molar-refractivity contribution is 0.337. The van der Waals surface area contributed by atoms with Crippen molar-refractivity contribution >= 4 is 0 Å². The summed E-state index contributed by atoms with van der Waals surface area (Å²) >= 11 is 0. The highest BCUT2D eigenvalue weighted by Gasteiger charge is 2.07. The Bertz CT molecular complexity index is 401. The predicted octanol–water partition coefficient (Wildman–Crippen LogP) is 0.656. The molecular weight excluding hydrogens is 168 g/mol. The fourth-order valence-electron chi connectivity index (χ4n) is 0.991. The van der Waals surface area contributed by atoms with E-state index >= 15 is 0 Å². The van der Waals surface area contributed by atoms with Gasteiger partial charge in [0.15, 0.2) is 5.56 Å². The van der Waals surface area contributed by atoms with E-state index in [0.29, 0.717) is 12.4 Å².